The van der Waals surface area contributed by atoms with Crippen LogP contribution < -0.4 is 4.90 Å². The molecule has 4 nitrogen and oxygen atoms in total. The highest BCUT2D eigenvalue weighted by Gasteiger charge is 2.49. The fourth-order valence-corrected chi connectivity index (χ4v) is 3.43. The zero-order valence-corrected chi connectivity index (χ0v) is 15.8. The fraction of sp³-hybridized carbons (Fsp3) is 0.300. The van der Waals surface area contributed by atoms with Gasteiger partial charge in [-0.2, -0.15) is 0 Å². The zero-order valence-electron chi connectivity index (χ0n) is 14.2. The second kappa shape index (κ2) is 7.00. The Labute approximate surface area is 155 Å². The molecule has 2 aromatic rings. The van der Waals surface area contributed by atoms with Gasteiger partial charge in [0.25, 0.3) is 5.91 Å². The molecule has 0 N–H and O–H groups in total. The molecule has 5 heteroatoms. The minimum absolute atomic E-state index is 0.183. The van der Waals surface area contributed by atoms with E-state index in [4.69, 9.17) is 4.74 Å². The maximum absolute atomic E-state index is 12.8. The topological polar surface area (TPSA) is 46.6 Å². The van der Waals surface area contributed by atoms with Gasteiger partial charge in [0.15, 0.2) is 6.10 Å². The molecule has 25 heavy (non-hydrogen) atoms. The number of nitrogens with zero attached hydrogens (tertiary/aromatic N) is 1. The summed E-state index contributed by atoms with van der Waals surface area (Å²) < 4.78 is 5.63. The van der Waals surface area contributed by atoms with Crippen molar-refractivity contribution >= 4 is 33.5 Å². The number of carbonyl (C=O) groups excluding carboxylic acids is 2. The molecule has 130 valence electrons. The number of hydrogen-bond donors (Lipinski definition) is 0. The fourth-order valence-electron chi connectivity index (χ4n) is 3.01. The predicted molar refractivity (Wildman–Crippen MR) is 101 cm³/mol. The van der Waals surface area contributed by atoms with Gasteiger partial charge in [-0.15, -0.1) is 0 Å². The highest BCUT2D eigenvalue weighted by molar-refractivity contribution is 9.09. The van der Waals surface area contributed by atoms with Gasteiger partial charge in [-0.3, -0.25) is 9.59 Å². The average molecular weight is 402 g/mol. The minimum atomic E-state index is -0.802. The number of hydrogen-bond acceptors (Lipinski definition) is 3. The molecule has 1 aliphatic heterocycles. The maximum atomic E-state index is 12.8. The summed E-state index contributed by atoms with van der Waals surface area (Å²) in [5.74, 6) is -0.634. The van der Waals surface area contributed by atoms with Gasteiger partial charge in [0, 0.05) is 17.6 Å². The number of anilines is 1. The predicted octanol–water partition coefficient (Wildman–Crippen LogP) is 4.11. The normalized spacial score (nSPS) is 20.4. The molecule has 0 spiro atoms. The van der Waals surface area contributed by atoms with E-state index < -0.39 is 22.3 Å². The van der Waals surface area contributed by atoms with E-state index in [9.17, 15) is 9.59 Å². The van der Waals surface area contributed by atoms with E-state index in [2.05, 4.69) is 15.9 Å². The van der Waals surface area contributed by atoms with Gasteiger partial charge in [0.2, 0.25) is 0 Å². The third kappa shape index (κ3) is 3.61. The summed E-state index contributed by atoms with van der Waals surface area (Å²) in [4.78, 5) is 26.5. The van der Waals surface area contributed by atoms with Gasteiger partial charge >= 0.3 is 5.97 Å². The molecule has 0 radical (unpaired) electrons. The van der Waals surface area contributed by atoms with Crippen LogP contribution in [0.2, 0.25) is 0 Å². The SMILES string of the molecule is CC1(C)CN(c2ccccc2)C(=O)[C@H]1OC(=O)C(Br)c1ccccc1. The van der Waals surface area contributed by atoms with E-state index in [-0.39, 0.29) is 5.91 Å². The molecular formula is C20H20BrNO3. The van der Waals surface area contributed by atoms with Crippen LogP contribution in [0, 0.1) is 5.41 Å². The number of ether oxygens (including phenoxy) is 1. The first-order valence-corrected chi connectivity index (χ1v) is 9.08. The van der Waals surface area contributed by atoms with Crippen molar-refractivity contribution in [3.05, 3.63) is 66.2 Å². The second-order valence-electron chi connectivity index (χ2n) is 6.84. The highest BCUT2D eigenvalue weighted by atomic mass is 79.9. The smallest absolute Gasteiger partial charge is 0.325 e. The van der Waals surface area contributed by atoms with E-state index in [1.807, 2.05) is 74.5 Å². The van der Waals surface area contributed by atoms with Crippen molar-refractivity contribution in [1.29, 1.82) is 0 Å². The lowest BCUT2D eigenvalue weighted by atomic mass is 9.89. The molecule has 1 heterocycles. The first kappa shape index (κ1) is 17.7. The van der Waals surface area contributed by atoms with E-state index in [0.717, 1.165) is 11.3 Å². The van der Waals surface area contributed by atoms with Crippen LogP contribution in [0.15, 0.2) is 60.7 Å². The lowest BCUT2D eigenvalue weighted by Gasteiger charge is -2.24. The molecule has 1 saturated heterocycles. The molecule has 3 rings (SSSR count). The van der Waals surface area contributed by atoms with Gasteiger partial charge in [-0.25, -0.2) is 0 Å². The van der Waals surface area contributed by atoms with Crippen molar-refractivity contribution < 1.29 is 14.3 Å². The lowest BCUT2D eigenvalue weighted by Crippen LogP contribution is -2.36. The average Bonchev–Trinajstić information content (AvgIpc) is 2.86. The molecule has 2 aromatic carbocycles. The van der Waals surface area contributed by atoms with Crippen LogP contribution >= 0.6 is 15.9 Å². The van der Waals surface area contributed by atoms with E-state index in [0.29, 0.717) is 6.54 Å². The zero-order chi connectivity index (χ0) is 18.0. The minimum Gasteiger partial charge on any atom is -0.450 e. The molecule has 0 saturated carbocycles. The molecule has 1 aliphatic rings. The third-order valence-electron chi connectivity index (χ3n) is 4.37. The quantitative estimate of drug-likeness (QED) is 0.571. The highest BCUT2D eigenvalue weighted by Crippen LogP contribution is 2.37. The lowest BCUT2D eigenvalue weighted by molar-refractivity contribution is -0.157. The summed E-state index contributed by atoms with van der Waals surface area (Å²) in [7, 11) is 0. The van der Waals surface area contributed by atoms with Crippen molar-refractivity contribution in [2.75, 3.05) is 11.4 Å². The summed E-state index contributed by atoms with van der Waals surface area (Å²) in [6.45, 7) is 4.39. The number of para-hydroxylation sites is 1. The van der Waals surface area contributed by atoms with Gasteiger partial charge < -0.3 is 9.64 Å². The van der Waals surface area contributed by atoms with Crippen molar-refractivity contribution in [2.24, 2.45) is 5.41 Å². The Morgan fingerprint density at radius 3 is 2.28 bits per heavy atom. The standard InChI is InChI=1S/C20H20BrNO3/c1-20(2)13-22(15-11-7-4-8-12-15)18(23)17(20)25-19(24)16(21)14-9-5-3-6-10-14/h3-12,16-17H,13H2,1-2H3/t16?,17-/m1/s1. The maximum Gasteiger partial charge on any atom is 0.325 e. The van der Waals surface area contributed by atoms with E-state index >= 15 is 0 Å². The Balaban J connectivity index is 1.77. The number of benzene rings is 2. The van der Waals surface area contributed by atoms with Gasteiger partial charge in [0.05, 0.1) is 0 Å². The Kier molecular flexibility index (Phi) is 4.95. The molecule has 0 aliphatic carbocycles. The van der Waals surface area contributed by atoms with Crippen molar-refractivity contribution in [1.82, 2.24) is 0 Å². The van der Waals surface area contributed by atoms with Crippen molar-refractivity contribution in [3.63, 3.8) is 0 Å². The Hall–Kier alpha value is -2.14. The van der Waals surface area contributed by atoms with Gasteiger partial charge in [0.1, 0.15) is 4.83 Å². The van der Waals surface area contributed by atoms with Gasteiger partial charge in [-0.1, -0.05) is 78.3 Å². The molecule has 0 aromatic heterocycles. The van der Waals surface area contributed by atoms with Crippen LogP contribution in [0.4, 0.5) is 5.69 Å². The van der Waals surface area contributed by atoms with Crippen LogP contribution in [0.1, 0.15) is 24.2 Å². The molecule has 1 amide bonds. The van der Waals surface area contributed by atoms with Crippen LogP contribution in [-0.2, 0) is 14.3 Å². The van der Waals surface area contributed by atoms with Crippen LogP contribution in [0.5, 0.6) is 0 Å². The molecule has 1 unspecified atom stereocenters. The summed E-state index contributed by atoms with van der Waals surface area (Å²) in [6.07, 6.45) is -0.802. The van der Waals surface area contributed by atoms with E-state index in [1.165, 1.54) is 0 Å². The largest absolute Gasteiger partial charge is 0.450 e. The third-order valence-corrected chi connectivity index (χ3v) is 5.27. The van der Waals surface area contributed by atoms with Gasteiger partial charge in [-0.05, 0) is 17.7 Å². The molecule has 0 bridgehead atoms. The second-order valence-corrected chi connectivity index (χ2v) is 7.75. The Morgan fingerprint density at radius 2 is 1.68 bits per heavy atom. The first-order valence-electron chi connectivity index (χ1n) is 8.16. The van der Waals surface area contributed by atoms with E-state index in [1.54, 1.807) is 4.90 Å². The van der Waals surface area contributed by atoms with Crippen LogP contribution in [0.25, 0.3) is 0 Å². The number of halogens is 1. The van der Waals surface area contributed by atoms with Crippen LogP contribution in [-0.4, -0.2) is 24.5 Å². The summed E-state index contributed by atoms with van der Waals surface area (Å²) >= 11 is 3.38. The monoisotopic (exact) mass is 401 g/mol. The first-order chi connectivity index (χ1) is 11.9. The molecule has 2 atom stereocenters. The summed E-state index contributed by atoms with van der Waals surface area (Å²) in [5.41, 5.74) is 1.15. The number of rotatable bonds is 4. The summed E-state index contributed by atoms with van der Waals surface area (Å²) in [5, 5.41) is 0. The molecular weight excluding hydrogens is 382 g/mol. The van der Waals surface area contributed by atoms with Crippen molar-refractivity contribution in [3.8, 4) is 0 Å². The number of amides is 1. The number of alkyl halides is 1. The number of carbonyl (C=O) groups is 2. The molecule has 1 fully saturated rings. The Morgan fingerprint density at radius 1 is 1.12 bits per heavy atom. The van der Waals surface area contributed by atoms with Crippen molar-refractivity contribution in [2.45, 2.75) is 24.8 Å². The Bertz CT molecular complexity index is 761. The van der Waals surface area contributed by atoms with Crippen LogP contribution in [0.3, 0.4) is 0 Å². The summed E-state index contributed by atoms with van der Waals surface area (Å²) in [6, 6.07) is 18.7. The number of esters is 1.